The van der Waals surface area contributed by atoms with Crippen molar-refractivity contribution in [2.24, 2.45) is 28.6 Å². The van der Waals surface area contributed by atoms with Crippen LogP contribution in [0.15, 0.2) is 24.0 Å². The lowest BCUT2D eigenvalue weighted by molar-refractivity contribution is -0.177. The Bertz CT molecular complexity index is 1070. The summed E-state index contributed by atoms with van der Waals surface area (Å²) in [7, 11) is -2.14. The number of hydrogen-bond acceptors (Lipinski definition) is 9. The highest BCUT2D eigenvalue weighted by molar-refractivity contribution is 7.85. The molecule has 6 atom stereocenters. The molecule has 1 heterocycles. The van der Waals surface area contributed by atoms with Crippen molar-refractivity contribution in [2.75, 3.05) is 20.0 Å². The number of esters is 2. The molecule has 1 aliphatic heterocycles. The molecule has 202 valence electrons. The monoisotopic (exact) mass is 526 g/mol. The number of allylic oxidation sites excluding steroid dienone is 2. The molecule has 2 aliphatic carbocycles. The minimum Gasteiger partial charge on any atom is -0.459 e. The quantitative estimate of drug-likeness (QED) is 0.154. The second kappa shape index (κ2) is 10.0. The Morgan fingerprint density at radius 3 is 2.47 bits per heavy atom. The predicted molar refractivity (Wildman–Crippen MR) is 131 cm³/mol. The van der Waals surface area contributed by atoms with E-state index in [1.807, 2.05) is 20.8 Å². The number of cyclic esters (lactones) is 1. The maximum absolute atomic E-state index is 14.2. The van der Waals surface area contributed by atoms with Crippen LogP contribution in [0.3, 0.4) is 0 Å². The van der Waals surface area contributed by atoms with Gasteiger partial charge in [0.2, 0.25) is 0 Å². The minimum absolute atomic E-state index is 0.0106. The summed E-state index contributed by atoms with van der Waals surface area (Å²) in [6.45, 7) is 9.13. The van der Waals surface area contributed by atoms with Gasteiger partial charge in [0.15, 0.2) is 5.78 Å². The molecule has 1 unspecified atom stereocenters. The van der Waals surface area contributed by atoms with E-state index in [1.54, 1.807) is 27.0 Å². The van der Waals surface area contributed by atoms with Gasteiger partial charge in [-0.2, -0.15) is 8.42 Å². The average molecular weight is 527 g/mol. The predicted octanol–water partition coefficient (Wildman–Crippen LogP) is 3.33. The highest BCUT2D eigenvalue weighted by atomic mass is 32.2. The molecule has 36 heavy (non-hydrogen) atoms. The fourth-order valence-electron chi connectivity index (χ4n) is 6.39. The van der Waals surface area contributed by atoms with Crippen molar-refractivity contribution in [3.05, 3.63) is 24.0 Å². The second-order valence-corrected chi connectivity index (χ2v) is 13.1. The van der Waals surface area contributed by atoms with Crippen molar-refractivity contribution in [1.29, 1.82) is 0 Å². The van der Waals surface area contributed by atoms with E-state index < -0.39 is 56.4 Å². The van der Waals surface area contributed by atoms with Crippen LogP contribution >= 0.6 is 0 Å². The first kappa shape index (κ1) is 28.5. The Morgan fingerprint density at radius 1 is 1.22 bits per heavy atom. The summed E-state index contributed by atoms with van der Waals surface area (Å²) in [5.74, 6) is -2.60. The van der Waals surface area contributed by atoms with E-state index in [4.69, 9.17) is 18.4 Å². The molecule has 1 spiro atoms. The van der Waals surface area contributed by atoms with Crippen molar-refractivity contribution in [2.45, 2.75) is 72.0 Å². The van der Waals surface area contributed by atoms with E-state index in [1.165, 1.54) is 12.3 Å². The molecule has 0 aromatic carbocycles. The number of carbonyl (C=O) groups excluding carboxylic acids is 3. The third-order valence-electron chi connectivity index (χ3n) is 8.19. The minimum atomic E-state index is -3.76. The number of ether oxygens (including phenoxy) is 3. The molecule has 0 amide bonds. The van der Waals surface area contributed by atoms with Gasteiger partial charge in [-0.25, -0.2) is 4.79 Å². The summed E-state index contributed by atoms with van der Waals surface area (Å²) < 4.78 is 44.5. The normalized spacial score (nSPS) is 34.6. The van der Waals surface area contributed by atoms with Crippen LogP contribution in [0.1, 0.15) is 60.3 Å². The van der Waals surface area contributed by atoms with Crippen LogP contribution in [0.25, 0.3) is 0 Å². The number of hydrogen-bond donors (Lipinski definition) is 0. The zero-order chi connectivity index (χ0) is 27.1. The maximum atomic E-state index is 14.2. The van der Waals surface area contributed by atoms with E-state index in [0.717, 1.165) is 24.7 Å². The molecular weight excluding hydrogens is 488 g/mol. The summed E-state index contributed by atoms with van der Waals surface area (Å²) in [6.07, 6.45) is 6.27. The van der Waals surface area contributed by atoms with Gasteiger partial charge in [-0.15, -0.1) is 0 Å². The number of carbonyl (C=O) groups is 3. The van der Waals surface area contributed by atoms with E-state index in [2.05, 4.69) is 0 Å². The maximum Gasteiger partial charge on any atom is 0.335 e. The zero-order valence-electron chi connectivity index (χ0n) is 22.2. The lowest BCUT2D eigenvalue weighted by Crippen LogP contribution is -2.62. The Kier molecular flexibility index (Phi) is 7.94. The number of ketones is 1. The van der Waals surface area contributed by atoms with E-state index in [0.29, 0.717) is 6.42 Å². The van der Waals surface area contributed by atoms with Crippen molar-refractivity contribution < 1.29 is 41.2 Å². The van der Waals surface area contributed by atoms with Gasteiger partial charge in [0.1, 0.15) is 18.1 Å². The van der Waals surface area contributed by atoms with Crippen molar-refractivity contribution in [3.63, 3.8) is 0 Å². The number of Topliss-reactive ketones (excluding diaryl/α,β-unsaturated/α-hetero) is 1. The highest BCUT2D eigenvalue weighted by Gasteiger charge is 2.69. The fraction of sp³-hybridized carbons (Fsp3) is 0.731. The molecular formula is C26H38O9S. The first-order valence-electron chi connectivity index (χ1n) is 12.2. The summed E-state index contributed by atoms with van der Waals surface area (Å²) in [6, 6.07) is 0. The molecule has 10 heteroatoms. The molecule has 0 aromatic heterocycles. The summed E-state index contributed by atoms with van der Waals surface area (Å²) in [4.78, 5) is 39.8. The summed E-state index contributed by atoms with van der Waals surface area (Å²) in [5.41, 5.74) is -1.79. The van der Waals surface area contributed by atoms with Crippen LogP contribution in [0.5, 0.6) is 0 Å². The van der Waals surface area contributed by atoms with Crippen molar-refractivity contribution in [1.82, 2.24) is 0 Å². The van der Waals surface area contributed by atoms with E-state index >= 15 is 0 Å². The topological polar surface area (TPSA) is 122 Å². The molecule has 0 radical (unpaired) electrons. The molecule has 0 aromatic rings. The Hall–Kier alpha value is -2.04. The van der Waals surface area contributed by atoms with Crippen LogP contribution in [0, 0.1) is 28.6 Å². The van der Waals surface area contributed by atoms with Crippen LogP contribution in [0.2, 0.25) is 0 Å². The molecule has 3 aliphatic rings. The second-order valence-electron chi connectivity index (χ2n) is 11.4. The van der Waals surface area contributed by atoms with Gasteiger partial charge in [0.05, 0.1) is 18.1 Å². The van der Waals surface area contributed by atoms with Crippen LogP contribution in [0.4, 0.5) is 0 Å². The van der Waals surface area contributed by atoms with Gasteiger partial charge >= 0.3 is 11.9 Å². The first-order chi connectivity index (χ1) is 16.6. The smallest absolute Gasteiger partial charge is 0.335 e. The molecule has 3 fully saturated rings. The third-order valence-corrected chi connectivity index (χ3v) is 8.76. The van der Waals surface area contributed by atoms with Crippen molar-refractivity contribution in [3.8, 4) is 0 Å². The lowest BCUT2D eigenvalue weighted by atomic mass is 9.44. The molecule has 3 rings (SSSR count). The van der Waals surface area contributed by atoms with Gasteiger partial charge in [-0.05, 0) is 64.4 Å². The van der Waals surface area contributed by atoms with E-state index in [-0.39, 0.29) is 24.7 Å². The van der Waals surface area contributed by atoms with Gasteiger partial charge < -0.3 is 14.2 Å². The standard InChI is InChI=1S/C26H38O9S/c1-16(2)12-21(27)33-11-9-20-25(5)10-8-19(24(3,4)32-6)18(14-25)22(28)26(20)13-17(35-23(26)29)15-34-36(7,30)31/h9,11-12,17-20H,8,10,13-15H2,1-7H3/b11-9-/t17?,18-,19+,20+,25-,26-/m0/s1. The Morgan fingerprint density at radius 2 is 1.89 bits per heavy atom. The Balaban J connectivity index is 2.02. The van der Waals surface area contributed by atoms with Crippen LogP contribution in [-0.4, -0.2) is 57.8 Å². The fourth-order valence-corrected chi connectivity index (χ4v) is 6.79. The van der Waals surface area contributed by atoms with E-state index in [9.17, 15) is 22.8 Å². The van der Waals surface area contributed by atoms with Crippen LogP contribution in [-0.2, 0) is 42.9 Å². The average Bonchev–Trinajstić information content (AvgIpc) is 3.09. The van der Waals surface area contributed by atoms with Gasteiger partial charge in [0.25, 0.3) is 10.1 Å². The van der Waals surface area contributed by atoms with Gasteiger partial charge in [0, 0.05) is 31.4 Å². The van der Waals surface area contributed by atoms with Gasteiger partial charge in [-0.1, -0.05) is 12.5 Å². The summed E-state index contributed by atoms with van der Waals surface area (Å²) >= 11 is 0. The molecule has 9 nitrogen and oxygen atoms in total. The summed E-state index contributed by atoms with van der Waals surface area (Å²) in [5, 5.41) is 0. The molecule has 2 saturated carbocycles. The Labute approximate surface area is 213 Å². The highest BCUT2D eigenvalue weighted by Crippen LogP contribution is 2.64. The van der Waals surface area contributed by atoms with Crippen molar-refractivity contribution >= 4 is 27.8 Å². The number of fused-ring (bicyclic) bond motifs is 2. The first-order valence-corrected chi connectivity index (χ1v) is 14.0. The molecule has 2 bridgehead atoms. The largest absolute Gasteiger partial charge is 0.459 e. The van der Waals surface area contributed by atoms with Crippen LogP contribution < -0.4 is 0 Å². The zero-order valence-corrected chi connectivity index (χ0v) is 23.0. The number of rotatable bonds is 8. The van der Waals surface area contributed by atoms with Gasteiger partial charge in [-0.3, -0.25) is 13.8 Å². The SMILES string of the molecule is COC(C)(C)[C@@H]1CC[C@@]2(C)C[C@@H]1C(=O)[C@]1(CC(COS(C)(=O)=O)OC1=O)[C@@H]2/C=C\OC(=O)C=C(C)C. The number of methoxy groups -OCH3 is 1. The molecule has 0 N–H and O–H groups in total. The lowest BCUT2D eigenvalue weighted by Gasteiger charge is -2.57. The molecule has 1 saturated heterocycles. The third kappa shape index (κ3) is 5.45.